The Hall–Kier alpha value is -4.34. The van der Waals surface area contributed by atoms with E-state index in [9.17, 15) is 18.1 Å². The van der Waals surface area contributed by atoms with Crippen molar-refractivity contribution in [1.82, 2.24) is 15.0 Å². The summed E-state index contributed by atoms with van der Waals surface area (Å²) in [6.07, 6.45) is -1.32. The van der Waals surface area contributed by atoms with Crippen LogP contribution in [0.25, 0.3) is 0 Å². The lowest BCUT2D eigenvalue weighted by atomic mass is 10.2. The first-order valence-electron chi connectivity index (χ1n) is 12.8. The van der Waals surface area contributed by atoms with E-state index in [0.29, 0.717) is 34.6 Å². The van der Waals surface area contributed by atoms with E-state index in [2.05, 4.69) is 35.9 Å². The fraction of sp³-hybridized carbons (Fsp3) is 0.148. The summed E-state index contributed by atoms with van der Waals surface area (Å²) in [4.78, 5) is 14.2. The SMILES string of the molecule is CCN(c1ccccc1)c1nc(Cl)nc(Nc2ccc(S(=O)(=O)O)c(NN=C3C(C)=NN(c4ccccc4Cl)C3O)c2)n1. The van der Waals surface area contributed by atoms with Crippen LogP contribution in [-0.2, 0) is 10.1 Å². The average molecular weight is 643 g/mol. The molecule has 4 N–H and O–H groups in total. The van der Waals surface area contributed by atoms with E-state index >= 15 is 0 Å². The highest BCUT2D eigenvalue weighted by atomic mass is 35.5. The summed E-state index contributed by atoms with van der Waals surface area (Å²) in [5.41, 5.74) is 4.63. The minimum Gasteiger partial charge on any atom is -0.366 e. The van der Waals surface area contributed by atoms with E-state index in [1.807, 2.05) is 42.2 Å². The van der Waals surface area contributed by atoms with Crippen LogP contribution in [0, 0.1) is 0 Å². The smallest absolute Gasteiger partial charge is 0.296 e. The number of benzene rings is 3. The van der Waals surface area contributed by atoms with E-state index in [-0.39, 0.29) is 22.6 Å². The molecule has 1 unspecified atom stereocenters. The van der Waals surface area contributed by atoms with Crippen LogP contribution in [-0.4, -0.2) is 57.2 Å². The summed E-state index contributed by atoms with van der Waals surface area (Å²) >= 11 is 12.5. The zero-order chi connectivity index (χ0) is 30.7. The fourth-order valence-electron chi connectivity index (χ4n) is 4.27. The Kier molecular flexibility index (Phi) is 8.75. The van der Waals surface area contributed by atoms with E-state index < -0.39 is 21.2 Å². The first kappa shape index (κ1) is 30.1. The molecule has 0 saturated heterocycles. The average Bonchev–Trinajstić information content (AvgIpc) is 3.24. The van der Waals surface area contributed by atoms with Crippen LogP contribution in [0.4, 0.5) is 34.6 Å². The number of rotatable bonds is 9. The van der Waals surface area contributed by atoms with Gasteiger partial charge < -0.3 is 15.3 Å². The number of nitrogens with zero attached hydrogens (tertiary/aromatic N) is 7. The highest BCUT2D eigenvalue weighted by molar-refractivity contribution is 7.86. The van der Waals surface area contributed by atoms with Gasteiger partial charge in [0.1, 0.15) is 10.6 Å². The molecule has 1 aromatic heterocycles. The molecule has 43 heavy (non-hydrogen) atoms. The van der Waals surface area contributed by atoms with Gasteiger partial charge in [-0.1, -0.05) is 41.9 Å². The van der Waals surface area contributed by atoms with Crippen molar-refractivity contribution in [2.24, 2.45) is 10.2 Å². The molecule has 0 amide bonds. The summed E-state index contributed by atoms with van der Waals surface area (Å²) in [5.74, 6) is 0.384. The quantitative estimate of drug-likeness (QED) is 0.138. The van der Waals surface area contributed by atoms with Gasteiger partial charge in [0.05, 0.1) is 22.1 Å². The molecule has 0 saturated carbocycles. The minimum atomic E-state index is -4.66. The molecule has 1 atom stereocenters. The van der Waals surface area contributed by atoms with Gasteiger partial charge in [0.15, 0.2) is 6.23 Å². The van der Waals surface area contributed by atoms with Crippen molar-refractivity contribution in [1.29, 1.82) is 0 Å². The number of hydrogen-bond acceptors (Lipinski definition) is 12. The first-order chi connectivity index (χ1) is 20.5. The maximum absolute atomic E-state index is 12.1. The van der Waals surface area contributed by atoms with E-state index in [1.54, 1.807) is 31.2 Å². The highest BCUT2D eigenvalue weighted by Crippen LogP contribution is 2.31. The Labute approximate surface area is 257 Å². The van der Waals surface area contributed by atoms with Gasteiger partial charge in [-0.25, -0.2) is 5.01 Å². The van der Waals surface area contributed by atoms with Crippen LogP contribution in [0.3, 0.4) is 0 Å². The molecule has 4 aromatic rings. The Morgan fingerprint density at radius 3 is 2.44 bits per heavy atom. The van der Waals surface area contributed by atoms with Crippen LogP contribution < -0.4 is 20.7 Å². The summed E-state index contributed by atoms with van der Waals surface area (Å²) in [6.45, 7) is 4.11. The van der Waals surface area contributed by atoms with Crippen LogP contribution in [0.2, 0.25) is 10.3 Å². The topological polar surface area (TPSA) is 169 Å². The number of nitrogens with one attached hydrogen (secondary N) is 2. The zero-order valence-electron chi connectivity index (χ0n) is 22.7. The van der Waals surface area contributed by atoms with E-state index in [1.165, 1.54) is 23.2 Å². The molecule has 0 bridgehead atoms. The number of aliphatic hydroxyl groups excluding tert-OH is 1. The van der Waals surface area contributed by atoms with Crippen molar-refractivity contribution in [3.8, 4) is 0 Å². The molecule has 5 rings (SSSR count). The van der Waals surface area contributed by atoms with Crippen molar-refractivity contribution >= 4 is 79.4 Å². The van der Waals surface area contributed by atoms with Crippen LogP contribution >= 0.6 is 23.2 Å². The molecule has 0 aliphatic carbocycles. The Morgan fingerprint density at radius 2 is 1.74 bits per heavy atom. The molecule has 3 aromatic carbocycles. The molecule has 222 valence electrons. The summed E-state index contributed by atoms with van der Waals surface area (Å²) in [7, 11) is -4.66. The monoisotopic (exact) mass is 641 g/mol. The van der Waals surface area contributed by atoms with Gasteiger partial charge >= 0.3 is 0 Å². The molecule has 0 spiro atoms. The van der Waals surface area contributed by atoms with Gasteiger partial charge in [-0.05, 0) is 67.9 Å². The third kappa shape index (κ3) is 6.68. The molecule has 0 fully saturated rings. The zero-order valence-corrected chi connectivity index (χ0v) is 25.0. The minimum absolute atomic E-state index is 0.0609. The lowest BCUT2D eigenvalue weighted by Crippen LogP contribution is -2.33. The number of hydrogen-bond donors (Lipinski definition) is 4. The first-order valence-corrected chi connectivity index (χ1v) is 15.0. The van der Waals surface area contributed by atoms with Crippen molar-refractivity contribution < 1.29 is 18.1 Å². The Balaban J connectivity index is 1.44. The van der Waals surface area contributed by atoms with E-state index in [0.717, 1.165) is 5.69 Å². The summed E-state index contributed by atoms with van der Waals surface area (Å²) < 4.78 is 34.1. The predicted molar refractivity (Wildman–Crippen MR) is 168 cm³/mol. The maximum Gasteiger partial charge on any atom is 0.296 e. The van der Waals surface area contributed by atoms with Crippen molar-refractivity contribution in [3.63, 3.8) is 0 Å². The summed E-state index contributed by atoms with van der Waals surface area (Å²) in [5, 5.41) is 24.0. The fourth-order valence-corrected chi connectivity index (χ4v) is 5.27. The molecule has 2 heterocycles. The molecule has 1 aliphatic rings. The largest absolute Gasteiger partial charge is 0.366 e. The molecule has 0 radical (unpaired) electrons. The number of anilines is 6. The third-order valence-electron chi connectivity index (χ3n) is 6.24. The van der Waals surface area contributed by atoms with Gasteiger partial charge in [0, 0.05) is 17.9 Å². The predicted octanol–water partition coefficient (Wildman–Crippen LogP) is 5.31. The van der Waals surface area contributed by atoms with Gasteiger partial charge in [-0.15, -0.1) is 0 Å². The van der Waals surface area contributed by atoms with Gasteiger partial charge in [0.2, 0.25) is 17.2 Å². The Morgan fingerprint density at radius 1 is 1.02 bits per heavy atom. The molecule has 1 aliphatic heterocycles. The second-order valence-electron chi connectivity index (χ2n) is 9.08. The van der Waals surface area contributed by atoms with Crippen LogP contribution in [0.5, 0.6) is 0 Å². The van der Waals surface area contributed by atoms with Crippen molar-refractivity contribution in [3.05, 3.63) is 83.1 Å². The van der Waals surface area contributed by atoms with Crippen molar-refractivity contribution in [2.75, 3.05) is 27.2 Å². The van der Waals surface area contributed by atoms with Crippen LogP contribution in [0.15, 0.2) is 87.9 Å². The highest BCUT2D eigenvalue weighted by Gasteiger charge is 2.32. The van der Waals surface area contributed by atoms with E-state index in [4.69, 9.17) is 23.2 Å². The van der Waals surface area contributed by atoms with Gasteiger partial charge in [-0.2, -0.15) is 33.6 Å². The third-order valence-corrected chi connectivity index (χ3v) is 7.64. The Bertz CT molecular complexity index is 1820. The molecule has 13 nitrogen and oxygen atoms in total. The number of aromatic nitrogens is 3. The molecule has 16 heteroatoms. The number of aliphatic hydroxyl groups is 1. The number of halogens is 2. The van der Waals surface area contributed by atoms with Gasteiger partial charge in [-0.3, -0.25) is 9.98 Å². The van der Waals surface area contributed by atoms with Crippen molar-refractivity contribution in [2.45, 2.75) is 25.0 Å². The second kappa shape index (κ2) is 12.5. The molecular formula is C27H25Cl2N9O4S. The lowest BCUT2D eigenvalue weighted by molar-refractivity contribution is 0.242. The molecular weight excluding hydrogens is 617 g/mol. The number of para-hydroxylation sites is 2. The lowest BCUT2D eigenvalue weighted by Gasteiger charge is -2.21. The maximum atomic E-state index is 12.1. The standard InChI is InChI=1S/C27H25Cl2N9O4S/c1-3-37(18-9-5-4-6-10-18)27-32-25(29)31-26(33-27)30-17-13-14-22(43(40,41)42)20(15-17)34-35-23-16(2)36-38(24(23)39)21-12-8-7-11-19(21)28/h4-15,24,34,39H,3H2,1-2H3,(H,40,41,42)(H,30,31,32,33). The van der Waals surface area contributed by atoms with Gasteiger partial charge in [0.25, 0.3) is 10.1 Å². The van der Waals surface area contributed by atoms with Crippen LogP contribution in [0.1, 0.15) is 13.8 Å². The number of hydrazone groups is 2. The normalized spacial score (nSPS) is 15.9. The summed E-state index contributed by atoms with van der Waals surface area (Å²) in [6, 6.07) is 20.3. The second-order valence-corrected chi connectivity index (χ2v) is 11.2.